The number of hydrogen-bond acceptors (Lipinski definition) is 6. The summed E-state index contributed by atoms with van der Waals surface area (Å²) in [5.41, 5.74) is 1.64. The number of aromatic nitrogens is 4. The third-order valence-corrected chi connectivity index (χ3v) is 5.92. The van der Waals surface area contributed by atoms with Gasteiger partial charge in [-0.3, -0.25) is 0 Å². The normalized spacial score (nSPS) is 18.0. The van der Waals surface area contributed by atoms with E-state index in [-0.39, 0.29) is 22.9 Å². The zero-order valence-corrected chi connectivity index (χ0v) is 18.6. The molecule has 1 fully saturated rings. The molecule has 1 aromatic carbocycles. The van der Waals surface area contributed by atoms with Crippen molar-refractivity contribution in [2.75, 3.05) is 13.7 Å². The second-order valence-electron chi connectivity index (χ2n) is 7.81. The van der Waals surface area contributed by atoms with Crippen molar-refractivity contribution in [2.45, 2.75) is 31.7 Å². The molecule has 1 aliphatic rings. The molecule has 2 aromatic heterocycles. The number of nitrogens with zero attached hydrogens (tertiary/aromatic N) is 4. The molecule has 0 aliphatic heterocycles. The quantitative estimate of drug-likeness (QED) is 0.489. The third-order valence-electron chi connectivity index (χ3n) is 5.65. The predicted molar refractivity (Wildman–Crippen MR) is 119 cm³/mol. The van der Waals surface area contributed by atoms with Crippen molar-refractivity contribution in [3.8, 4) is 28.4 Å². The van der Waals surface area contributed by atoms with Crippen LogP contribution in [0.5, 0.6) is 11.5 Å². The Morgan fingerprint density at radius 2 is 2.09 bits per heavy atom. The van der Waals surface area contributed by atoms with Gasteiger partial charge >= 0.3 is 6.09 Å². The first-order valence-corrected chi connectivity index (χ1v) is 10.8. The predicted octanol–water partition coefficient (Wildman–Crippen LogP) is 4.34. The average molecular weight is 476 g/mol. The fraction of sp³-hybridized carbons (Fsp3) is 0.364. The van der Waals surface area contributed by atoms with Gasteiger partial charge < -0.3 is 19.9 Å². The fourth-order valence-electron chi connectivity index (χ4n) is 3.92. The lowest BCUT2D eigenvalue weighted by molar-refractivity contribution is 0.169. The third kappa shape index (κ3) is 5.33. The van der Waals surface area contributed by atoms with E-state index in [2.05, 4.69) is 20.4 Å². The highest BCUT2D eigenvalue weighted by molar-refractivity contribution is 6.31. The number of benzene rings is 1. The second-order valence-corrected chi connectivity index (χ2v) is 8.17. The van der Waals surface area contributed by atoms with Crippen LogP contribution in [-0.4, -0.2) is 50.7 Å². The Morgan fingerprint density at radius 3 is 2.79 bits per heavy atom. The summed E-state index contributed by atoms with van der Waals surface area (Å²) in [4.78, 5) is 19.2. The molecule has 2 heterocycles. The van der Waals surface area contributed by atoms with Crippen LogP contribution in [0.2, 0.25) is 5.15 Å². The van der Waals surface area contributed by atoms with Crippen molar-refractivity contribution in [3.63, 3.8) is 0 Å². The van der Waals surface area contributed by atoms with Crippen molar-refractivity contribution < 1.29 is 23.8 Å². The minimum absolute atomic E-state index is 0.0217. The maximum absolute atomic E-state index is 14.1. The van der Waals surface area contributed by atoms with Gasteiger partial charge in [0.15, 0.2) is 22.5 Å². The maximum Gasteiger partial charge on any atom is 0.404 e. The van der Waals surface area contributed by atoms with E-state index in [1.807, 2.05) is 0 Å². The summed E-state index contributed by atoms with van der Waals surface area (Å²) < 4.78 is 26.6. The lowest BCUT2D eigenvalue weighted by Gasteiger charge is -2.28. The molecule has 0 unspecified atom stereocenters. The van der Waals surface area contributed by atoms with Crippen LogP contribution in [-0.2, 0) is 0 Å². The summed E-state index contributed by atoms with van der Waals surface area (Å²) in [6, 6.07) is 4.53. The lowest BCUT2D eigenvalue weighted by atomic mass is 9.86. The molecular formula is C22H23ClFN5O4. The van der Waals surface area contributed by atoms with Crippen molar-refractivity contribution in [3.05, 3.63) is 47.9 Å². The van der Waals surface area contributed by atoms with Gasteiger partial charge in [0.2, 0.25) is 0 Å². The van der Waals surface area contributed by atoms with Gasteiger partial charge in [0.05, 0.1) is 25.6 Å². The van der Waals surface area contributed by atoms with Crippen LogP contribution in [0.3, 0.4) is 0 Å². The van der Waals surface area contributed by atoms with E-state index in [1.165, 1.54) is 30.3 Å². The van der Waals surface area contributed by atoms with Gasteiger partial charge in [0, 0.05) is 23.9 Å². The summed E-state index contributed by atoms with van der Waals surface area (Å²) in [7, 11) is 1.41. The summed E-state index contributed by atoms with van der Waals surface area (Å²) in [6.45, 7) is 0.414. The number of halogens is 2. The van der Waals surface area contributed by atoms with Crippen LogP contribution in [0.15, 0.2) is 36.9 Å². The maximum atomic E-state index is 14.1. The Morgan fingerprint density at radius 1 is 1.30 bits per heavy atom. The number of rotatable bonds is 7. The van der Waals surface area contributed by atoms with Crippen molar-refractivity contribution in [2.24, 2.45) is 5.92 Å². The zero-order valence-electron chi connectivity index (χ0n) is 17.9. The van der Waals surface area contributed by atoms with E-state index in [0.29, 0.717) is 29.3 Å². The number of amides is 1. The second kappa shape index (κ2) is 10.0. The first-order valence-electron chi connectivity index (χ1n) is 10.5. The molecule has 0 atom stereocenters. The Bertz CT molecular complexity index is 1130. The summed E-state index contributed by atoms with van der Waals surface area (Å²) in [5.74, 6) is 0.281. The molecule has 0 bridgehead atoms. The van der Waals surface area contributed by atoms with Gasteiger partial charge in [-0.2, -0.15) is 5.10 Å². The van der Waals surface area contributed by atoms with E-state index >= 15 is 0 Å². The van der Waals surface area contributed by atoms with Crippen LogP contribution in [0.1, 0.15) is 25.7 Å². The summed E-state index contributed by atoms with van der Waals surface area (Å²) >= 11 is 6.31. The molecule has 9 nitrogen and oxygen atoms in total. The van der Waals surface area contributed by atoms with Crippen LogP contribution >= 0.6 is 11.6 Å². The van der Waals surface area contributed by atoms with Crippen molar-refractivity contribution in [1.29, 1.82) is 0 Å². The molecule has 11 heteroatoms. The molecular weight excluding hydrogens is 453 g/mol. The SMILES string of the molecule is COc1ccc(-n2cc(-c3ncnc(Cl)c3OC[C@H]3CC[C@@H](NC(=O)O)CC3)cn2)cc1F. The van der Waals surface area contributed by atoms with Crippen LogP contribution in [0.4, 0.5) is 9.18 Å². The van der Waals surface area contributed by atoms with Gasteiger partial charge in [0.25, 0.3) is 0 Å². The van der Waals surface area contributed by atoms with Crippen LogP contribution in [0, 0.1) is 11.7 Å². The van der Waals surface area contributed by atoms with E-state index in [4.69, 9.17) is 26.2 Å². The minimum Gasteiger partial charge on any atom is -0.494 e. The molecule has 0 radical (unpaired) electrons. The molecule has 0 saturated heterocycles. The minimum atomic E-state index is -0.995. The molecule has 1 amide bonds. The highest BCUT2D eigenvalue weighted by atomic mass is 35.5. The number of carbonyl (C=O) groups is 1. The van der Waals surface area contributed by atoms with Crippen LogP contribution < -0.4 is 14.8 Å². The average Bonchev–Trinajstić information content (AvgIpc) is 3.29. The van der Waals surface area contributed by atoms with E-state index in [0.717, 1.165) is 25.7 Å². The fourth-order valence-corrected chi connectivity index (χ4v) is 4.11. The number of carboxylic acid groups (broad SMARTS) is 1. The highest BCUT2D eigenvalue weighted by Gasteiger charge is 2.24. The van der Waals surface area contributed by atoms with Gasteiger partial charge in [0.1, 0.15) is 12.0 Å². The van der Waals surface area contributed by atoms with Crippen LogP contribution in [0.25, 0.3) is 16.9 Å². The van der Waals surface area contributed by atoms with Crippen molar-refractivity contribution >= 4 is 17.7 Å². The molecule has 2 N–H and O–H groups in total. The molecule has 174 valence electrons. The zero-order chi connectivity index (χ0) is 23.4. The Balaban J connectivity index is 1.48. The number of hydrogen-bond donors (Lipinski definition) is 2. The molecule has 1 saturated carbocycles. The van der Waals surface area contributed by atoms with Gasteiger partial charge in [-0.1, -0.05) is 11.6 Å². The first kappa shape index (κ1) is 22.8. The molecule has 3 aromatic rings. The lowest BCUT2D eigenvalue weighted by Crippen LogP contribution is -2.37. The van der Waals surface area contributed by atoms with E-state index in [1.54, 1.807) is 18.5 Å². The van der Waals surface area contributed by atoms with E-state index in [9.17, 15) is 9.18 Å². The van der Waals surface area contributed by atoms with Gasteiger partial charge in [-0.15, -0.1) is 0 Å². The van der Waals surface area contributed by atoms with Crippen molar-refractivity contribution in [1.82, 2.24) is 25.1 Å². The molecule has 1 aliphatic carbocycles. The largest absolute Gasteiger partial charge is 0.494 e. The molecule has 0 spiro atoms. The smallest absolute Gasteiger partial charge is 0.404 e. The van der Waals surface area contributed by atoms with Gasteiger partial charge in [-0.05, 0) is 43.7 Å². The molecule has 33 heavy (non-hydrogen) atoms. The molecule has 4 rings (SSSR count). The standard InChI is InChI=1S/C22H23ClFN5O4/c1-32-18-7-6-16(8-17(18)24)29-10-14(9-27-29)19-20(21(23)26-12-25-19)33-11-13-2-4-15(5-3-13)28-22(30)31/h6-10,12-13,15,28H,2-5,11H2,1H3,(H,30,31)/t13-,15+. The first-order chi connectivity index (χ1) is 15.9. The van der Waals surface area contributed by atoms with Gasteiger partial charge in [-0.25, -0.2) is 23.8 Å². The topological polar surface area (TPSA) is 111 Å². The Hall–Kier alpha value is -3.40. The number of nitrogens with one attached hydrogen (secondary N) is 1. The number of ether oxygens (including phenoxy) is 2. The monoisotopic (exact) mass is 475 g/mol. The summed E-state index contributed by atoms with van der Waals surface area (Å²) in [5, 5.41) is 15.9. The highest BCUT2D eigenvalue weighted by Crippen LogP contribution is 2.34. The van der Waals surface area contributed by atoms with E-state index < -0.39 is 11.9 Å². The Labute approximate surface area is 194 Å². The Kier molecular flexibility index (Phi) is 6.93. The number of methoxy groups -OCH3 is 1. The summed E-state index contributed by atoms with van der Waals surface area (Å²) in [6.07, 6.45) is 6.85.